The topological polar surface area (TPSA) is 82.4 Å². The molecule has 4 heterocycles. The van der Waals surface area contributed by atoms with Crippen molar-refractivity contribution in [3.05, 3.63) is 29.3 Å². The van der Waals surface area contributed by atoms with Crippen LogP contribution in [0.2, 0.25) is 0 Å². The Morgan fingerprint density at radius 3 is 2.92 bits per heavy atom. The maximum Gasteiger partial charge on any atom is 0.274 e. The molecule has 1 saturated heterocycles. The van der Waals surface area contributed by atoms with Gasteiger partial charge >= 0.3 is 0 Å². The molecule has 26 heavy (non-hydrogen) atoms. The molecule has 0 saturated carbocycles. The summed E-state index contributed by atoms with van der Waals surface area (Å²) in [7, 11) is 0. The lowest BCUT2D eigenvalue weighted by atomic mass is 10.1. The molecule has 0 radical (unpaired) electrons. The summed E-state index contributed by atoms with van der Waals surface area (Å²) in [5.41, 5.74) is 1.32. The van der Waals surface area contributed by atoms with E-state index in [4.69, 9.17) is 9.47 Å². The molecule has 138 valence electrons. The van der Waals surface area contributed by atoms with Crippen molar-refractivity contribution in [1.29, 1.82) is 0 Å². The predicted molar refractivity (Wildman–Crippen MR) is 93.4 cm³/mol. The molecular weight excluding hydrogens is 334 g/mol. The van der Waals surface area contributed by atoms with Crippen LogP contribution in [0, 0.1) is 13.8 Å². The number of ether oxygens (including phenoxy) is 2. The summed E-state index contributed by atoms with van der Waals surface area (Å²) in [6.07, 6.45) is 2.63. The zero-order valence-electron chi connectivity index (χ0n) is 15.1. The van der Waals surface area contributed by atoms with E-state index >= 15 is 0 Å². The highest BCUT2D eigenvalue weighted by molar-refractivity contribution is 5.92. The highest BCUT2D eigenvalue weighted by atomic mass is 16.5. The lowest BCUT2D eigenvalue weighted by Crippen LogP contribution is -2.44. The van der Waals surface area contributed by atoms with Gasteiger partial charge in [0.2, 0.25) is 11.8 Å². The van der Waals surface area contributed by atoms with Gasteiger partial charge in [0.1, 0.15) is 11.9 Å². The van der Waals surface area contributed by atoms with E-state index in [-0.39, 0.29) is 12.0 Å². The van der Waals surface area contributed by atoms with Crippen molar-refractivity contribution < 1.29 is 14.3 Å². The Balaban J connectivity index is 1.44. The number of likely N-dealkylation sites (tertiary alicyclic amines) is 1. The van der Waals surface area contributed by atoms with Crippen LogP contribution in [0.25, 0.3) is 0 Å². The van der Waals surface area contributed by atoms with Crippen LogP contribution in [-0.4, -0.2) is 56.4 Å². The fraction of sp³-hybridized carbons (Fsp3) is 0.556. The number of piperidine rings is 1. The third kappa shape index (κ3) is 3.49. The molecular formula is C18H23N5O3. The maximum atomic E-state index is 12.8. The Labute approximate surface area is 152 Å². The number of amides is 1. The van der Waals surface area contributed by atoms with E-state index in [0.717, 1.165) is 31.5 Å². The molecule has 0 N–H and O–H groups in total. The lowest BCUT2D eigenvalue weighted by molar-refractivity contribution is 0.0521. The van der Waals surface area contributed by atoms with Gasteiger partial charge in [0.05, 0.1) is 13.2 Å². The minimum absolute atomic E-state index is 0.0705. The van der Waals surface area contributed by atoms with Crippen molar-refractivity contribution in [2.45, 2.75) is 45.8 Å². The number of hydrogen-bond acceptors (Lipinski definition) is 6. The largest absolute Gasteiger partial charge is 0.478 e. The molecule has 0 aliphatic carbocycles. The fourth-order valence-electron chi connectivity index (χ4n) is 3.47. The van der Waals surface area contributed by atoms with Crippen LogP contribution >= 0.6 is 0 Å². The molecule has 2 aliphatic rings. The summed E-state index contributed by atoms with van der Waals surface area (Å²) in [4.78, 5) is 23.2. The molecule has 0 aromatic carbocycles. The summed E-state index contributed by atoms with van der Waals surface area (Å²) in [6.45, 7) is 6.48. The Kier molecular flexibility index (Phi) is 4.48. The molecule has 2 aromatic heterocycles. The van der Waals surface area contributed by atoms with E-state index in [0.29, 0.717) is 43.0 Å². The number of carbonyl (C=O) groups is 1. The van der Waals surface area contributed by atoms with Crippen LogP contribution in [0.5, 0.6) is 11.8 Å². The summed E-state index contributed by atoms with van der Waals surface area (Å²) >= 11 is 0. The average molecular weight is 357 g/mol. The molecule has 8 heteroatoms. The Morgan fingerprint density at radius 2 is 2.12 bits per heavy atom. The molecule has 1 fully saturated rings. The summed E-state index contributed by atoms with van der Waals surface area (Å²) in [5.74, 6) is 1.86. The molecule has 1 unspecified atom stereocenters. The minimum atomic E-state index is -0.0742. The van der Waals surface area contributed by atoms with Gasteiger partial charge in [0, 0.05) is 37.3 Å². The molecule has 4 rings (SSSR count). The van der Waals surface area contributed by atoms with Gasteiger partial charge in [0.15, 0.2) is 5.69 Å². The van der Waals surface area contributed by atoms with Gasteiger partial charge in [-0.15, -0.1) is 0 Å². The quantitative estimate of drug-likeness (QED) is 0.832. The third-order valence-electron chi connectivity index (χ3n) is 4.62. The van der Waals surface area contributed by atoms with E-state index in [1.54, 1.807) is 10.7 Å². The minimum Gasteiger partial charge on any atom is -0.478 e. The van der Waals surface area contributed by atoms with Crippen molar-refractivity contribution in [1.82, 2.24) is 24.6 Å². The molecule has 1 atom stereocenters. The van der Waals surface area contributed by atoms with E-state index in [1.807, 2.05) is 24.8 Å². The van der Waals surface area contributed by atoms with Crippen LogP contribution in [-0.2, 0) is 6.54 Å². The molecule has 0 spiro atoms. The standard InChI is InChI=1S/C18H23N5O3/c1-12-9-16(20-13(2)19-12)26-14-5-3-6-22(11-14)18(24)15-10-17-23(21-15)7-4-8-25-17/h9-10,14H,3-8,11H2,1-2H3. The summed E-state index contributed by atoms with van der Waals surface area (Å²) < 4.78 is 13.3. The van der Waals surface area contributed by atoms with Crippen molar-refractivity contribution >= 4 is 5.91 Å². The third-order valence-corrected chi connectivity index (χ3v) is 4.62. The Morgan fingerprint density at radius 1 is 1.23 bits per heavy atom. The molecule has 0 bridgehead atoms. The lowest BCUT2D eigenvalue weighted by Gasteiger charge is -2.32. The van der Waals surface area contributed by atoms with E-state index in [1.165, 1.54) is 0 Å². The number of aromatic nitrogens is 4. The van der Waals surface area contributed by atoms with Gasteiger partial charge < -0.3 is 14.4 Å². The van der Waals surface area contributed by atoms with E-state index in [9.17, 15) is 4.79 Å². The zero-order valence-corrected chi connectivity index (χ0v) is 15.1. The van der Waals surface area contributed by atoms with Crippen molar-refractivity contribution in [2.75, 3.05) is 19.7 Å². The van der Waals surface area contributed by atoms with Gasteiger partial charge in [-0.1, -0.05) is 0 Å². The van der Waals surface area contributed by atoms with Gasteiger partial charge in [-0.05, 0) is 26.7 Å². The fourth-order valence-corrected chi connectivity index (χ4v) is 3.47. The van der Waals surface area contributed by atoms with Crippen LogP contribution in [0.1, 0.15) is 41.3 Å². The van der Waals surface area contributed by atoms with E-state index < -0.39 is 0 Å². The smallest absolute Gasteiger partial charge is 0.274 e. The second kappa shape index (κ2) is 6.93. The van der Waals surface area contributed by atoms with Gasteiger partial charge in [0.25, 0.3) is 5.91 Å². The number of aryl methyl sites for hydroxylation is 3. The first-order valence-electron chi connectivity index (χ1n) is 9.07. The molecule has 8 nitrogen and oxygen atoms in total. The van der Waals surface area contributed by atoms with Crippen LogP contribution in [0.3, 0.4) is 0 Å². The van der Waals surface area contributed by atoms with Gasteiger partial charge in [-0.3, -0.25) is 4.79 Å². The average Bonchev–Trinajstić information content (AvgIpc) is 3.04. The SMILES string of the molecule is Cc1cc(OC2CCCN(C(=O)c3cc4n(n3)CCCO4)C2)nc(C)n1. The monoisotopic (exact) mass is 357 g/mol. The summed E-state index contributed by atoms with van der Waals surface area (Å²) in [6, 6.07) is 3.57. The molecule has 1 amide bonds. The maximum absolute atomic E-state index is 12.8. The van der Waals surface area contributed by atoms with Crippen molar-refractivity contribution in [3.8, 4) is 11.8 Å². The number of rotatable bonds is 3. The number of fused-ring (bicyclic) bond motifs is 1. The van der Waals surface area contributed by atoms with Crippen LogP contribution in [0.15, 0.2) is 12.1 Å². The van der Waals surface area contributed by atoms with Gasteiger partial charge in [-0.2, -0.15) is 10.1 Å². The first-order valence-corrected chi connectivity index (χ1v) is 9.07. The molecule has 2 aliphatic heterocycles. The second-order valence-corrected chi connectivity index (χ2v) is 6.82. The van der Waals surface area contributed by atoms with Crippen LogP contribution in [0.4, 0.5) is 0 Å². The van der Waals surface area contributed by atoms with E-state index in [2.05, 4.69) is 15.1 Å². The number of nitrogens with zero attached hydrogens (tertiary/aromatic N) is 5. The summed E-state index contributed by atoms with van der Waals surface area (Å²) in [5, 5.41) is 4.40. The zero-order chi connectivity index (χ0) is 18.1. The first-order chi connectivity index (χ1) is 12.6. The highest BCUT2D eigenvalue weighted by Gasteiger charge is 2.28. The van der Waals surface area contributed by atoms with Crippen LogP contribution < -0.4 is 9.47 Å². The predicted octanol–water partition coefficient (Wildman–Crippen LogP) is 1.76. The normalized spacial score (nSPS) is 19.6. The number of carbonyl (C=O) groups excluding carboxylic acids is 1. The molecule has 2 aromatic rings. The van der Waals surface area contributed by atoms with Crippen molar-refractivity contribution in [2.24, 2.45) is 0 Å². The second-order valence-electron chi connectivity index (χ2n) is 6.82. The Bertz CT molecular complexity index is 775. The first kappa shape index (κ1) is 16.8. The van der Waals surface area contributed by atoms with Gasteiger partial charge in [-0.25, -0.2) is 9.67 Å². The van der Waals surface area contributed by atoms with Crippen molar-refractivity contribution in [3.63, 3.8) is 0 Å². The Hall–Kier alpha value is -2.64. The highest BCUT2D eigenvalue weighted by Crippen LogP contribution is 2.22. The number of hydrogen-bond donors (Lipinski definition) is 0.